The van der Waals surface area contributed by atoms with Crippen molar-refractivity contribution >= 4 is 40.9 Å². The molecule has 4 nitrogen and oxygen atoms in total. The number of anilines is 1. The van der Waals surface area contributed by atoms with Crippen molar-refractivity contribution in [2.75, 3.05) is 11.9 Å². The van der Waals surface area contributed by atoms with E-state index in [1.165, 1.54) is 11.8 Å². The second kappa shape index (κ2) is 6.69. The number of hydrogen-bond acceptors (Lipinski definition) is 4. The number of carbonyl (C=O) groups is 2. The van der Waals surface area contributed by atoms with E-state index < -0.39 is 11.2 Å². The second-order valence-electron chi connectivity index (χ2n) is 4.11. The Labute approximate surface area is 126 Å². The number of fused-ring (bicyclic) bond motifs is 1. The monoisotopic (exact) mass is 309 g/mol. The lowest BCUT2D eigenvalue weighted by molar-refractivity contribution is -0.144. The molecule has 0 fully saturated rings. The number of amides is 1. The van der Waals surface area contributed by atoms with Gasteiger partial charge in [0.2, 0.25) is 5.91 Å². The van der Waals surface area contributed by atoms with Crippen LogP contribution >= 0.6 is 23.4 Å². The molecule has 20 heavy (non-hydrogen) atoms. The molecule has 6 heteroatoms. The number of benzene rings is 1. The van der Waals surface area contributed by atoms with Crippen LogP contribution in [0.3, 0.4) is 0 Å². The number of ether oxygens (including phenoxy) is 1. The van der Waals surface area contributed by atoms with Gasteiger partial charge in [0, 0.05) is 16.3 Å². The number of nitrogens with one attached hydrogen (secondary N) is 1. The molecule has 0 aliphatic carbocycles. The average Bonchev–Trinajstić information content (AvgIpc) is 2.40. The van der Waals surface area contributed by atoms with Crippen LogP contribution < -0.4 is 5.32 Å². The lowest BCUT2D eigenvalue weighted by Gasteiger charge is -2.23. The van der Waals surface area contributed by atoms with Crippen molar-refractivity contribution in [3.8, 4) is 12.3 Å². The van der Waals surface area contributed by atoms with E-state index in [0.717, 1.165) is 4.90 Å². The van der Waals surface area contributed by atoms with E-state index in [9.17, 15) is 9.59 Å². The number of terminal acetylenes is 1. The van der Waals surface area contributed by atoms with Gasteiger partial charge in [-0.3, -0.25) is 9.59 Å². The van der Waals surface area contributed by atoms with Gasteiger partial charge in [-0.2, -0.15) is 0 Å². The van der Waals surface area contributed by atoms with Gasteiger partial charge < -0.3 is 10.1 Å². The smallest absolute Gasteiger partial charge is 0.307 e. The summed E-state index contributed by atoms with van der Waals surface area (Å²) in [6, 6.07) is 5.24. The zero-order valence-corrected chi connectivity index (χ0v) is 12.1. The summed E-state index contributed by atoms with van der Waals surface area (Å²) in [6.45, 7) is 0.181. The molecule has 1 aliphatic heterocycles. The molecule has 0 saturated carbocycles. The molecule has 2 rings (SSSR count). The van der Waals surface area contributed by atoms with Crippen LogP contribution in [0.5, 0.6) is 0 Å². The predicted octanol–water partition coefficient (Wildman–Crippen LogP) is 2.71. The molecule has 0 aromatic heterocycles. The lowest BCUT2D eigenvalue weighted by Crippen LogP contribution is -2.31. The summed E-state index contributed by atoms with van der Waals surface area (Å²) in [5.41, 5.74) is 0.671. The SMILES string of the molecule is C#CCCOC(=O)C[C@H]1Sc2ccc(Cl)cc2NC1=O. The molecule has 1 N–H and O–H groups in total. The van der Waals surface area contributed by atoms with E-state index in [4.69, 9.17) is 22.8 Å². The quantitative estimate of drug-likeness (QED) is 0.528. The van der Waals surface area contributed by atoms with E-state index in [1.54, 1.807) is 12.1 Å². The first-order valence-corrected chi connectivity index (χ1v) is 7.22. The van der Waals surface area contributed by atoms with E-state index >= 15 is 0 Å². The molecule has 1 aliphatic rings. The lowest BCUT2D eigenvalue weighted by atomic mass is 10.2. The highest BCUT2D eigenvalue weighted by atomic mass is 35.5. The molecule has 1 aromatic rings. The first-order valence-electron chi connectivity index (χ1n) is 5.96. The van der Waals surface area contributed by atoms with Gasteiger partial charge in [-0.05, 0) is 18.2 Å². The maximum atomic E-state index is 11.9. The summed E-state index contributed by atoms with van der Waals surface area (Å²) < 4.78 is 4.94. The van der Waals surface area contributed by atoms with Crippen LogP contribution in [0.25, 0.3) is 0 Å². The minimum atomic E-state index is -0.498. The fraction of sp³-hybridized carbons (Fsp3) is 0.286. The van der Waals surface area contributed by atoms with E-state index in [2.05, 4.69) is 11.2 Å². The third-order valence-corrected chi connectivity index (χ3v) is 4.13. The highest BCUT2D eigenvalue weighted by Crippen LogP contribution is 2.38. The Kier molecular flexibility index (Phi) is 4.94. The van der Waals surface area contributed by atoms with Crippen LogP contribution in [0, 0.1) is 12.3 Å². The van der Waals surface area contributed by atoms with Crippen LogP contribution in [-0.2, 0) is 14.3 Å². The number of thioether (sulfide) groups is 1. The largest absolute Gasteiger partial charge is 0.465 e. The fourth-order valence-electron chi connectivity index (χ4n) is 1.69. The van der Waals surface area contributed by atoms with Gasteiger partial charge in [0.1, 0.15) is 6.61 Å². The molecule has 1 amide bonds. The highest BCUT2D eigenvalue weighted by molar-refractivity contribution is 8.01. The Balaban J connectivity index is 1.97. The van der Waals surface area contributed by atoms with Crippen molar-refractivity contribution in [2.24, 2.45) is 0 Å². The van der Waals surface area contributed by atoms with Crippen molar-refractivity contribution in [1.29, 1.82) is 0 Å². The topological polar surface area (TPSA) is 55.4 Å². The Morgan fingerprint density at radius 2 is 2.35 bits per heavy atom. The molecule has 0 unspecified atom stereocenters. The minimum Gasteiger partial charge on any atom is -0.465 e. The van der Waals surface area contributed by atoms with E-state index in [-0.39, 0.29) is 18.9 Å². The van der Waals surface area contributed by atoms with Gasteiger partial charge in [0.05, 0.1) is 17.4 Å². The van der Waals surface area contributed by atoms with Crippen molar-refractivity contribution in [2.45, 2.75) is 23.0 Å². The molecule has 0 spiro atoms. The molecular formula is C14H12ClNO3S. The molecule has 0 saturated heterocycles. The van der Waals surface area contributed by atoms with Gasteiger partial charge in [-0.1, -0.05) is 11.6 Å². The van der Waals surface area contributed by atoms with Crippen molar-refractivity contribution in [3.05, 3.63) is 23.2 Å². The molecule has 1 heterocycles. The van der Waals surface area contributed by atoms with Gasteiger partial charge in [-0.25, -0.2) is 0 Å². The molecular weight excluding hydrogens is 298 g/mol. The second-order valence-corrected chi connectivity index (χ2v) is 5.80. The molecule has 1 atom stereocenters. The number of hydrogen-bond donors (Lipinski definition) is 1. The van der Waals surface area contributed by atoms with E-state index in [1.807, 2.05) is 6.07 Å². The fourth-order valence-corrected chi connectivity index (χ4v) is 2.94. The van der Waals surface area contributed by atoms with Crippen LogP contribution in [0.15, 0.2) is 23.1 Å². The molecule has 0 bridgehead atoms. The number of esters is 1. The number of carbonyl (C=O) groups excluding carboxylic acids is 2. The number of halogens is 1. The summed E-state index contributed by atoms with van der Waals surface area (Å²) >= 11 is 7.19. The summed E-state index contributed by atoms with van der Waals surface area (Å²) in [6.07, 6.45) is 5.46. The van der Waals surface area contributed by atoms with Crippen LogP contribution in [-0.4, -0.2) is 23.7 Å². The first kappa shape index (κ1) is 14.8. The first-order chi connectivity index (χ1) is 9.60. The van der Waals surface area contributed by atoms with Crippen LogP contribution in [0.1, 0.15) is 12.8 Å². The van der Waals surface area contributed by atoms with Gasteiger partial charge >= 0.3 is 5.97 Å². The summed E-state index contributed by atoms with van der Waals surface area (Å²) in [7, 11) is 0. The summed E-state index contributed by atoms with van der Waals surface area (Å²) in [5.74, 6) is 1.73. The number of rotatable bonds is 4. The zero-order chi connectivity index (χ0) is 14.5. The third kappa shape index (κ3) is 3.69. The maximum absolute atomic E-state index is 11.9. The standard InChI is InChI=1S/C14H12ClNO3S/c1-2-3-6-19-13(17)8-12-14(18)16-10-7-9(15)4-5-11(10)20-12/h1,4-5,7,12H,3,6,8H2,(H,16,18)/t12-/m1/s1. The van der Waals surface area contributed by atoms with Gasteiger partial charge in [0.25, 0.3) is 0 Å². The van der Waals surface area contributed by atoms with Crippen molar-refractivity contribution < 1.29 is 14.3 Å². The average molecular weight is 310 g/mol. The maximum Gasteiger partial charge on any atom is 0.307 e. The van der Waals surface area contributed by atoms with Crippen molar-refractivity contribution in [1.82, 2.24) is 0 Å². The summed E-state index contributed by atoms with van der Waals surface area (Å²) in [5, 5.41) is 2.79. The molecule has 1 aromatic carbocycles. The van der Waals surface area contributed by atoms with Crippen LogP contribution in [0.4, 0.5) is 5.69 Å². The minimum absolute atomic E-state index is 0.0170. The van der Waals surface area contributed by atoms with Gasteiger partial charge in [0.15, 0.2) is 0 Å². The van der Waals surface area contributed by atoms with Gasteiger partial charge in [-0.15, -0.1) is 24.1 Å². The Morgan fingerprint density at radius 1 is 1.55 bits per heavy atom. The van der Waals surface area contributed by atoms with Crippen molar-refractivity contribution in [3.63, 3.8) is 0 Å². The predicted molar refractivity (Wildman–Crippen MR) is 78.8 cm³/mol. The molecule has 104 valence electrons. The zero-order valence-electron chi connectivity index (χ0n) is 10.5. The Bertz CT molecular complexity index is 582. The van der Waals surface area contributed by atoms with E-state index in [0.29, 0.717) is 17.1 Å². The third-order valence-electron chi connectivity index (χ3n) is 2.62. The normalized spacial score (nSPS) is 16.8. The Morgan fingerprint density at radius 3 is 3.10 bits per heavy atom. The highest BCUT2D eigenvalue weighted by Gasteiger charge is 2.29. The molecule has 0 radical (unpaired) electrons. The summed E-state index contributed by atoms with van der Waals surface area (Å²) in [4.78, 5) is 24.4. The van der Waals surface area contributed by atoms with Crippen LogP contribution in [0.2, 0.25) is 5.02 Å². The Hall–Kier alpha value is -1.64.